The van der Waals surface area contributed by atoms with Gasteiger partial charge in [0.2, 0.25) is 0 Å². The monoisotopic (exact) mass is 444 g/mol. The molecule has 4 rings (SSSR count). The van der Waals surface area contributed by atoms with Crippen molar-refractivity contribution in [3.05, 3.63) is 46.5 Å². The van der Waals surface area contributed by atoms with Crippen LogP contribution in [-0.2, 0) is 11.2 Å². The molecule has 2 saturated carbocycles. The molecule has 0 aliphatic heterocycles. The minimum atomic E-state index is -0.613. The molecule has 0 radical (unpaired) electrons. The molecule has 3 atom stereocenters. The average molecular weight is 445 g/mol. The summed E-state index contributed by atoms with van der Waals surface area (Å²) >= 11 is 0. The zero-order valence-electron chi connectivity index (χ0n) is 20.2. The summed E-state index contributed by atoms with van der Waals surface area (Å²) < 4.78 is 35.7. The van der Waals surface area contributed by atoms with Crippen LogP contribution in [0.5, 0.6) is 0 Å². The van der Waals surface area contributed by atoms with E-state index in [0.717, 1.165) is 69.3 Å². The molecule has 0 saturated heterocycles. The van der Waals surface area contributed by atoms with Gasteiger partial charge in [-0.1, -0.05) is 57.7 Å². The van der Waals surface area contributed by atoms with Gasteiger partial charge in [0.15, 0.2) is 11.6 Å². The van der Waals surface area contributed by atoms with E-state index < -0.39 is 11.6 Å². The highest BCUT2D eigenvalue weighted by Gasteiger charge is 2.40. The Hall–Kier alpha value is -1.22. The van der Waals surface area contributed by atoms with Crippen LogP contribution in [0.1, 0.15) is 108 Å². The van der Waals surface area contributed by atoms with E-state index in [-0.39, 0.29) is 12.0 Å². The molecule has 1 nitrogen and oxygen atoms in total. The highest BCUT2D eigenvalue weighted by Crippen LogP contribution is 2.49. The topological polar surface area (TPSA) is 9.23 Å². The van der Waals surface area contributed by atoms with Gasteiger partial charge < -0.3 is 4.74 Å². The maximum atomic E-state index is 14.8. The molecule has 0 spiro atoms. The molecular formula is C29H42F2O. The summed E-state index contributed by atoms with van der Waals surface area (Å²) in [6.07, 6.45) is 16.8. The minimum Gasteiger partial charge on any atom is -0.374 e. The minimum absolute atomic E-state index is 0.119. The van der Waals surface area contributed by atoms with Crippen molar-refractivity contribution in [2.24, 2.45) is 17.8 Å². The number of halogens is 2. The molecule has 0 aromatic heterocycles. The van der Waals surface area contributed by atoms with Gasteiger partial charge in [0.05, 0.1) is 12.7 Å². The average Bonchev–Trinajstić information content (AvgIpc) is 3.39. The van der Waals surface area contributed by atoms with Gasteiger partial charge >= 0.3 is 0 Å². The number of benzene rings is 1. The van der Waals surface area contributed by atoms with Gasteiger partial charge in [-0.3, -0.25) is 0 Å². The van der Waals surface area contributed by atoms with Crippen molar-refractivity contribution in [3.63, 3.8) is 0 Å². The number of fused-ring (bicyclic) bond motifs is 1. The Morgan fingerprint density at radius 1 is 0.906 bits per heavy atom. The van der Waals surface area contributed by atoms with Crippen LogP contribution in [0.15, 0.2) is 23.8 Å². The van der Waals surface area contributed by atoms with Crippen LogP contribution < -0.4 is 0 Å². The standard InChI is InChI=1S/C29H42F2O/c1-3-5-6-8-22-12-18-27(29(31)28(22)30)21-9-14-24(15-10-21)32-19-23-13-17-25-20(7-4-2)11-16-26(23)25/h12-13,18,20-21,24-26H,3-11,14-17,19H2,1-2H3. The van der Waals surface area contributed by atoms with E-state index in [4.69, 9.17) is 4.74 Å². The lowest BCUT2D eigenvalue weighted by atomic mass is 9.82. The van der Waals surface area contributed by atoms with Crippen molar-refractivity contribution >= 4 is 0 Å². The lowest BCUT2D eigenvalue weighted by molar-refractivity contribution is 0.0348. The van der Waals surface area contributed by atoms with Crippen LogP contribution in [0.25, 0.3) is 0 Å². The van der Waals surface area contributed by atoms with E-state index in [0.29, 0.717) is 17.5 Å². The number of unbranched alkanes of at least 4 members (excludes halogenated alkanes) is 2. The Morgan fingerprint density at radius 3 is 2.47 bits per heavy atom. The van der Waals surface area contributed by atoms with Crippen LogP contribution in [0.2, 0.25) is 0 Å². The summed E-state index contributed by atoms with van der Waals surface area (Å²) in [5, 5.41) is 0. The largest absolute Gasteiger partial charge is 0.374 e. The number of hydrogen-bond donors (Lipinski definition) is 0. The molecule has 1 aromatic carbocycles. The molecule has 0 N–H and O–H groups in total. The van der Waals surface area contributed by atoms with Crippen molar-refractivity contribution in [1.29, 1.82) is 0 Å². The highest BCUT2D eigenvalue weighted by atomic mass is 19.2. The van der Waals surface area contributed by atoms with Crippen LogP contribution in [0.3, 0.4) is 0 Å². The first-order valence-corrected chi connectivity index (χ1v) is 13.4. The molecule has 3 aliphatic rings. The van der Waals surface area contributed by atoms with E-state index in [1.807, 2.05) is 12.1 Å². The predicted molar refractivity (Wildman–Crippen MR) is 128 cm³/mol. The quantitative estimate of drug-likeness (QED) is 0.259. The summed E-state index contributed by atoms with van der Waals surface area (Å²) in [5.41, 5.74) is 2.66. The molecule has 2 fully saturated rings. The number of hydrogen-bond acceptors (Lipinski definition) is 1. The van der Waals surface area contributed by atoms with E-state index >= 15 is 0 Å². The Balaban J connectivity index is 1.25. The SMILES string of the molecule is CCCCCc1ccc(C2CCC(OCC3=CCC4C(CCC)CCC34)CC2)c(F)c1F. The van der Waals surface area contributed by atoms with Crippen LogP contribution in [0.4, 0.5) is 8.78 Å². The third-order valence-corrected chi connectivity index (χ3v) is 8.60. The first-order valence-electron chi connectivity index (χ1n) is 13.4. The molecule has 0 heterocycles. The second kappa shape index (κ2) is 11.3. The molecule has 0 bridgehead atoms. The first-order chi connectivity index (χ1) is 15.6. The Labute approximate surface area is 194 Å². The van der Waals surface area contributed by atoms with Gasteiger partial charge in [-0.05, 0) is 98.2 Å². The number of aryl methyl sites for hydroxylation is 1. The molecule has 178 valence electrons. The Kier molecular flexibility index (Phi) is 8.43. The summed E-state index contributed by atoms with van der Waals surface area (Å²) in [4.78, 5) is 0. The van der Waals surface area contributed by atoms with Gasteiger partial charge in [0, 0.05) is 0 Å². The smallest absolute Gasteiger partial charge is 0.162 e. The first kappa shape index (κ1) is 23.9. The van der Waals surface area contributed by atoms with Crippen molar-refractivity contribution in [2.45, 2.75) is 109 Å². The molecule has 3 aliphatic carbocycles. The predicted octanol–water partition coefficient (Wildman–Crippen LogP) is 8.51. The summed E-state index contributed by atoms with van der Waals surface area (Å²) in [6.45, 7) is 5.21. The second-order valence-electron chi connectivity index (χ2n) is 10.6. The maximum absolute atomic E-state index is 14.8. The van der Waals surface area contributed by atoms with Crippen molar-refractivity contribution in [2.75, 3.05) is 6.61 Å². The fraction of sp³-hybridized carbons (Fsp3) is 0.724. The third-order valence-electron chi connectivity index (χ3n) is 8.60. The fourth-order valence-corrected chi connectivity index (χ4v) is 6.73. The Morgan fingerprint density at radius 2 is 1.72 bits per heavy atom. The zero-order chi connectivity index (χ0) is 22.5. The fourth-order valence-electron chi connectivity index (χ4n) is 6.73. The van der Waals surface area contributed by atoms with Crippen LogP contribution in [0, 0.1) is 29.4 Å². The molecular weight excluding hydrogens is 402 g/mol. The number of ether oxygens (including phenoxy) is 1. The number of allylic oxidation sites excluding steroid dienone is 1. The molecule has 3 unspecified atom stereocenters. The lowest BCUT2D eigenvalue weighted by Crippen LogP contribution is -2.23. The third kappa shape index (κ3) is 5.29. The van der Waals surface area contributed by atoms with Crippen LogP contribution >= 0.6 is 0 Å². The molecule has 1 aromatic rings. The molecule has 0 amide bonds. The van der Waals surface area contributed by atoms with Gasteiger partial charge in [0.25, 0.3) is 0 Å². The van der Waals surface area contributed by atoms with Crippen molar-refractivity contribution in [3.8, 4) is 0 Å². The van der Waals surface area contributed by atoms with Gasteiger partial charge in [-0.15, -0.1) is 0 Å². The normalized spacial score (nSPS) is 29.9. The van der Waals surface area contributed by atoms with Gasteiger partial charge in [0.1, 0.15) is 0 Å². The summed E-state index contributed by atoms with van der Waals surface area (Å²) in [5.74, 6) is 1.45. The zero-order valence-corrected chi connectivity index (χ0v) is 20.2. The van der Waals surface area contributed by atoms with E-state index in [9.17, 15) is 8.78 Å². The number of rotatable bonds is 10. The van der Waals surface area contributed by atoms with Crippen LogP contribution in [-0.4, -0.2) is 12.7 Å². The van der Waals surface area contributed by atoms with E-state index in [1.165, 1.54) is 32.1 Å². The van der Waals surface area contributed by atoms with Gasteiger partial charge in [-0.2, -0.15) is 0 Å². The van der Waals surface area contributed by atoms with E-state index in [2.05, 4.69) is 19.9 Å². The van der Waals surface area contributed by atoms with Crippen molar-refractivity contribution < 1.29 is 13.5 Å². The highest BCUT2D eigenvalue weighted by molar-refractivity contribution is 5.29. The summed E-state index contributed by atoms with van der Waals surface area (Å²) in [6, 6.07) is 3.67. The maximum Gasteiger partial charge on any atom is 0.162 e. The van der Waals surface area contributed by atoms with E-state index in [1.54, 1.807) is 5.57 Å². The van der Waals surface area contributed by atoms with Crippen molar-refractivity contribution in [1.82, 2.24) is 0 Å². The molecule has 32 heavy (non-hydrogen) atoms. The lowest BCUT2D eigenvalue weighted by Gasteiger charge is -2.30. The molecule has 3 heteroatoms. The summed E-state index contributed by atoms with van der Waals surface area (Å²) in [7, 11) is 0. The van der Waals surface area contributed by atoms with Gasteiger partial charge in [-0.25, -0.2) is 8.78 Å². The second-order valence-corrected chi connectivity index (χ2v) is 10.6. The Bertz CT molecular complexity index is 778.